The molecule has 1 aliphatic carbocycles. The smallest absolute Gasteiger partial charge is 0.313 e. The zero-order valence-electron chi connectivity index (χ0n) is 17.5. The average Bonchev–Trinajstić information content (AvgIpc) is 2.93. The summed E-state index contributed by atoms with van der Waals surface area (Å²) in [5.74, 6) is -0.486. The van der Waals surface area contributed by atoms with Crippen LogP contribution in [-0.2, 0) is 22.1 Å². The highest BCUT2D eigenvalue weighted by Gasteiger charge is 2.33. The zero-order chi connectivity index (χ0) is 20.7. The van der Waals surface area contributed by atoms with Gasteiger partial charge in [0.15, 0.2) is 0 Å². The lowest BCUT2D eigenvalue weighted by molar-refractivity contribution is 0.0516. The zero-order valence-corrected chi connectivity index (χ0v) is 18.3. The standard InChI is InChI=1S/C24H28ClNO2/c1-15(26-28-22(27)16-7-9-18(25)10-8-16)20-13-17(23(2,3)4)14-21-19(20)11-12-24(21,5)6/h7-10,13-14H,11-12H2,1-6H3/b26-15-. The van der Waals surface area contributed by atoms with Crippen molar-refractivity contribution < 1.29 is 9.63 Å². The molecular formula is C24H28ClNO2. The van der Waals surface area contributed by atoms with E-state index in [4.69, 9.17) is 16.4 Å². The lowest BCUT2D eigenvalue weighted by atomic mass is 9.79. The van der Waals surface area contributed by atoms with Crippen LogP contribution in [0.2, 0.25) is 5.02 Å². The van der Waals surface area contributed by atoms with Crippen molar-refractivity contribution in [2.75, 3.05) is 0 Å². The van der Waals surface area contributed by atoms with E-state index in [1.54, 1.807) is 24.3 Å². The van der Waals surface area contributed by atoms with Gasteiger partial charge in [0.25, 0.3) is 0 Å². The van der Waals surface area contributed by atoms with E-state index >= 15 is 0 Å². The molecule has 0 amide bonds. The predicted molar refractivity (Wildman–Crippen MR) is 116 cm³/mol. The van der Waals surface area contributed by atoms with E-state index in [0.29, 0.717) is 10.6 Å². The summed E-state index contributed by atoms with van der Waals surface area (Å²) in [6.07, 6.45) is 2.13. The van der Waals surface area contributed by atoms with Crippen LogP contribution in [0.1, 0.15) is 80.6 Å². The van der Waals surface area contributed by atoms with Gasteiger partial charge in [-0.2, -0.15) is 0 Å². The number of carbonyl (C=O) groups excluding carboxylic acids is 1. The average molecular weight is 398 g/mol. The summed E-state index contributed by atoms with van der Waals surface area (Å²) in [7, 11) is 0. The SMILES string of the molecule is C/C(=N/OC(=O)c1ccc(Cl)cc1)c1cc(C(C)(C)C)cc2c1CCC2(C)C. The molecule has 0 unspecified atom stereocenters. The molecule has 28 heavy (non-hydrogen) atoms. The molecule has 0 heterocycles. The van der Waals surface area contributed by atoms with Crippen LogP contribution >= 0.6 is 11.6 Å². The summed E-state index contributed by atoms with van der Waals surface area (Å²) in [5.41, 5.74) is 6.38. The summed E-state index contributed by atoms with van der Waals surface area (Å²) in [5, 5.41) is 4.75. The van der Waals surface area contributed by atoms with E-state index in [9.17, 15) is 4.79 Å². The van der Waals surface area contributed by atoms with Crippen LogP contribution < -0.4 is 0 Å². The number of fused-ring (bicyclic) bond motifs is 1. The maximum absolute atomic E-state index is 12.3. The van der Waals surface area contributed by atoms with Crippen molar-refractivity contribution >= 4 is 23.3 Å². The number of benzene rings is 2. The lowest BCUT2D eigenvalue weighted by Crippen LogP contribution is -2.18. The molecule has 0 saturated heterocycles. The highest BCUT2D eigenvalue weighted by Crippen LogP contribution is 2.42. The van der Waals surface area contributed by atoms with Gasteiger partial charge in [-0.3, -0.25) is 0 Å². The molecule has 3 rings (SSSR count). The Morgan fingerprint density at radius 3 is 2.39 bits per heavy atom. The third kappa shape index (κ3) is 4.15. The Bertz CT molecular complexity index is 934. The second-order valence-electron chi connectivity index (χ2n) is 9.25. The summed E-state index contributed by atoms with van der Waals surface area (Å²) in [4.78, 5) is 17.5. The monoisotopic (exact) mass is 397 g/mol. The van der Waals surface area contributed by atoms with Gasteiger partial charge in [0.1, 0.15) is 0 Å². The van der Waals surface area contributed by atoms with Gasteiger partial charge < -0.3 is 4.84 Å². The minimum Gasteiger partial charge on any atom is -0.313 e. The molecule has 0 aliphatic heterocycles. The quantitative estimate of drug-likeness (QED) is 0.339. The number of rotatable bonds is 3. The fraction of sp³-hybridized carbons (Fsp3) is 0.417. The van der Waals surface area contributed by atoms with Gasteiger partial charge in [0, 0.05) is 10.6 Å². The third-order valence-corrected chi connectivity index (χ3v) is 5.83. The van der Waals surface area contributed by atoms with Gasteiger partial charge >= 0.3 is 5.97 Å². The fourth-order valence-corrected chi connectivity index (χ4v) is 3.80. The number of halogens is 1. The molecule has 2 aromatic carbocycles. The molecule has 148 valence electrons. The summed E-state index contributed by atoms with van der Waals surface area (Å²) in [6, 6.07) is 11.1. The molecule has 3 nitrogen and oxygen atoms in total. The largest absolute Gasteiger partial charge is 0.365 e. The van der Waals surface area contributed by atoms with Crippen molar-refractivity contribution in [2.24, 2.45) is 5.16 Å². The van der Waals surface area contributed by atoms with Gasteiger partial charge in [0.05, 0.1) is 11.3 Å². The molecule has 0 saturated carbocycles. The maximum Gasteiger partial charge on any atom is 0.365 e. The fourth-order valence-electron chi connectivity index (χ4n) is 3.67. The molecule has 0 radical (unpaired) electrons. The Balaban J connectivity index is 1.96. The third-order valence-electron chi connectivity index (χ3n) is 5.58. The van der Waals surface area contributed by atoms with E-state index in [-0.39, 0.29) is 10.8 Å². The van der Waals surface area contributed by atoms with Crippen LogP contribution in [0.3, 0.4) is 0 Å². The van der Waals surface area contributed by atoms with E-state index in [1.807, 2.05) is 6.92 Å². The Kier molecular flexibility index (Phi) is 5.42. The minimum atomic E-state index is -0.486. The maximum atomic E-state index is 12.3. The highest BCUT2D eigenvalue weighted by molar-refractivity contribution is 6.30. The topological polar surface area (TPSA) is 38.7 Å². The van der Waals surface area contributed by atoms with Crippen LogP contribution in [0, 0.1) is 0 Å². The lowest BCUT2D eigenvalue weighted by Gasteiger charge is -2.26. The van der Waals surface area contributed by atoms with Crippen molar-refractivity contribution in [3.05, 3.63) is 69.2 Å². The Labute approximate surface area is 172 Å². The Morgan fingerprint density at radius 1 is 1.14 bits per heavy atom. The molecule has 0 N–H and O–H groups in total. The van der Waals surface area contributed by atoms with Crippen LogP contribution in [0.25, 0.3) is 0 Å². The van der Waals surface area contributed by atoms with Crippen LogP contribution in [0.4, 0.5) is 0 Å². The summed E-state index contributed by atoms with van der Waals surface area (Å²) >= 11 is 5.87. The first-order valence-corrected chi connectivity index (χ1v) is 10.1. The summed E-state index contributed by atoms with van der Waals surface area (Å²) < 4.78 is 0. The number of carbonyl (C=O) groups is 1. The second kappa shape index (κ2) is 7.36. The molecule has 0 bridgehead atoms. The first-order chi connectivity index (χ1) is 13.0. The van der Waals surface area contributed by atoms with Crippen molar-refractivity contribution in [1.29, 1.82) is 0 Å². The molecule has 1 aliphatic rings. The second-order valence-corrected chi connectivity index (χ2v) is 9.68. The van der Waals surface area contributed by atoms with Gasteiger partial charge in [-0.25, -0.2) is 4.79 Å². The highest BCUT2D eigenvalue weighted by atomic mass is 35.5. The van der Waals surface area contributed by atoms with Gasteiger partial charge in [-0.05, 0) is 77.6 Å². The molecule has 0 spiro atoms. The minimum absolute atomic E-state index is 0.0305. The molecule has 2 aromatic rings. The van der Waals surface area contributed by atoms with E-state index < -0.39 is 5.97 Å². The van der Waals surface area contributed by atoms with Crippen molar-refractivity contribution in [3.8, 4) is 0 Å². The summed E-state index contributed by atoms with van der Waals surface area (Å²) in [6.45, 7) is 13.1. The van der Waals surface area contributed by atoms with Crippen molar-refractivity contribution in [1.82, 2.24) is 0 Å². The molecule has 0 aromatic heterocycles. The van der Waals surface area contributed by atoms with E-state index in [1.165, 1.54) is 16.7 Å². The van der Waals surface area contributed by atoms with Crippen molar-refractivity contribution in [2.45, 2.75) is 65.2 Å². The van der Waals surface area contributed by atoms with Crippen LogP contribution in [0.15, 0.2) is 41.6 Å². The molecular weight excluding hydrogens is 370 g/mol. The van der Waals surface area contributed by atoms with Crippen molar-refractivity contribution in [3.63, 3.8) is 0 Å². The van der Waals surface area contributed by atoms with E-state index in [0.717, 1.165) is 24.1 Å². The van der Waals surface area contributed by atoms with Gasteiger partial charge in [-0.15, -0.1) is 0 Å². The van der Waals surface area contributed by atoms with E-state index in [2.05, 4.69) is 51.9 Å². The Hall–Kier alpha value is -2.13. The number of hydrogen-bond acceptors (Lipinski definition) is 3. The van der Waals surface area contributed by atoms with Crippen LogP contribution in [-0.4, -0.2) is 11.7 Å². The number of oxime groups is 1. The van der Waals surface area contributed by atoms with Crippen LogP contribution in [0.5, 0.6) is 0 Å². The van der Waals surface area contributed by atoms with Gasteiger partial charge in [-0.1, -0.05) is 57.4 Å². The first kappa shape index (κ1) is 20.6. The number of hydrogen-bond donors (Lipinski definition) is 0. The molecule has 4 heteroatoms. The molecule has 0 fully saturated rings. The predicted octanol–water partition coefficient (Wildman–Crippen LogP) is 6.44. The Morgan fingerprint density at radius 2 is 1.79 bits per heavy atom. The normalized spacial score (nSPS) is 16.0. The number of nitrogens with zero attached hydrogens (tertiary/aromatic N) is 1. The van der Waals surface area contributed by atoms with Gasteiger partial charge in [0.2, 0.25) is 0 Å². The molecule has 0 atom stereocenters. The first-order valence-electron chi connectivity index (χ1n) is 9.69.